The molecule has 3 aromatic rings. The summed E-state index contributed by atoms with van der Waals surface area (Å²) in [5, 5.41) is 18.4. The van der Waals surface area contributed by atoms with Crippen molar-refractivity contribution < 1.29 is 5.11 Å². The van der Waals surface area contributed by atoms with E-state index in [1.165, 1.54) is 11.3 Å². The van der Waals surface area contributed by atoms with Crippen molar-refractivity contribution in [2.75, 3.05) is 11.1 Å². The van der Waals surface area contributed by atoms with Crippen LogP contribution < -0.4 is 11.1 Å². The van der Waals surface area contributed by atoms with Crippen LogP contribution in [0, 0.1) is 0 Å². The van der Waals surface area contributed by atoms with Crippen molar-refractivity contribution in [1.29, 1.82) is 0 Å². The van der Waals surface area contributed by atoms with Crippen molar-refractivity contribution in [3.8, 4) is 11.3 Å². The molecule has 1 fully saturated rings. The maximum atomic E-state index is 9.56. The number of nitrogens with two attached hydrogens (primary N) is 1. The van der Waals surface area contributed by atoms with E-state index in [0.29, 0.717) is 11.9 Å². The Morgan fingerprint density at radius 2 is 2.09 bits per heavy atom. The molecular weight excluding hydrogens is 312 g/mol. The minimum Gasteiger partial charge on any atom is -0.393 e. The van der Waals surface area contributed by atoms with E-state index in [9.17, 15) is 5.11 Å². The zero-order chi connectivity index (χ0) is 15.8. The number of hydrogen-bond donors (Lipinski definition) is 3. The Balaban J connectivity index is 1.51. The molecule has 0 radical (unpaired) electrons. The van der Waals surface area contributed by atoms with Crippen molar-refractivity contribution in [2.24, 2.45) is 0 Å². The van der Waals surface area contributed by atoms with Gasteiger partial charge in [-0.2, -0.15) is 0 Å². The van der Waals surface area contributed by atoms with Crippen molar-refractivity contribution in [3.63, 3.8) is 0 Å². The van der Waals surface area contributed by atoms with Crippen LogP contribution in [0.2, 0.25) is 0 Å². The molecule has 1 saturated carbocycles. The Labute approximate surface area is 137 Å². The van der Waals surface area contributed by atoms with Gasteiger partial charge in [0.1, 0.15) is 5.82 Å². The van der Waals surface area contributed by atoms with E-state index in [0.717, 1.165) is 47.0 Å². The van der Waals surface area contributed by atoms with Gasteiger partial charge in [0.2, 0.25) is 10.1 Å². The van der Waals surface area contributed by atoms with Gasteiger partial charge in [-0.3, -0.25) is 0 Å². The zero-order valence-corrected chi connectivity index (χ0v) is 13.3. The van der Waals surface area contributed by atoms with Crippen LogP contribution in [-0.2, 0) is 0 Å². The Kier molecular flexibility index (Phi) is 3.62. The number of aromatic nitrogens is 4. The van der Waals surface area contributed by atoms with Crippen LogP contribution in [0.4, 0.5) is 10.9 Å². The summed E-state index contributed by atoms with van der Waals surface area (Å²) >= 11 is 1.53. The summed E-state index contributed by atoms with van der Waals surface area (Å²) in [5.74, 6) is 0.497. The third-order valence-electron chi connectivity index (χ3n) is 4.15. The molecule has 120 valence electrons. The average molecular weight is 330 g/mol. The second-order valence-corrected chi connectivity index (χ2v) is 6.84. The molecule has 0 bridgehead atoms. The Hall–Kier alpha value is -2.19. The molecule has 0 amide bonds. The van der Waals surface area contributed by atoms with Gasteiger partial charge in [-0.1, -0.05) is 11.3 Å². The lowest BCUT2D eigenvalue weighted by atomic mass is 9.93. The molecule has 23 heavy (non-hydrogen) atoms. The molecule has 4 rings (SSSR count). The van der Waals surface area contributed by atoms with Gasteiger partial charge in [0.15, 0.2) is 0 Å². The molecule has 7 nitrogen and oxygen atoms in total. The van der Waals surface area contributed by atoms with Crippen molar-refractivity contribution in [1.82, 2.24) is 19.6 Å². The summed E-state index contributed by atoms with van der Waals surface area (Å²) in [5.41, 5.74) is 7.37. The number of imidazole rings is 1. The second kappa shape index (κ2) is 5.78. The smallest absolute Gasteiger partial charge is 0.214 e. The van der Waals surface area contributed by atoms with E-state index in [-0.39, 0.29) is 6.10 Å². The first-order valence-electron chi connectivity index (χ1n) is 7.70. The number of aliphatic hydroxyl groups is 1. The predicted octanol–water partition coefficient (Wildman–Crippen LogP) is 2.15. The number of anilines is 2. The van der Waals surface area contributed by atoms with Gasteiger partial charge in [0, 0.05) is 17.8 Å². The van der Waals surface area contributed by atoms with E-state index in [1.54, 1.807) is 16.8 Å². The van der Waals surface area contributed by atoms with Gasteiger partial charge in [0.25, 0.3) is 0 Å². The minimum atomic E-state index is -0.141. The molecule has 0 aromatic carbocycles. The minimum absolute atomic E-state index is 0.141. The second-order valence-electron chi connectivity index (χ2n) is 5.88. The highest BCUT2D eigenvalue weighted by molar-refractivity contribution is 7.20. The first-order valence-corrected chi connectivity index (χ1v) is 8.52. The molecule has 0 atom stereocenters. The molecule has 1 aliphatic rings. The highest BCUT2D eigenvalue weighted by Gasteiger charge is 2.20. The molecule has 8 heteroatoms. The lowest BCUT2D eigenvalue weighted by Gasteiger charge is -2.25. The summed E-state index contributed by atoms with van der Waals surface area (Å²) < 4.78 is 1.79. The van der Waals surface area contributed by atoms with Crippen LogP contribution in [0.25, 0.3) is 16.2 Å². The van der Waals surface area contributed by atoms with Crippen LogP contribution >= 0.6 is 11.3 Å². The van der Waals surface area contributed by atoms with Gasteiger partial charge in [-0.05, 0) is 37.8 Å². The van der Waals surface area contributed by atoms with Gasteiger partial charge in [0.05, 0.1) is 18.0 Å². The third kappa shape index (κ3) is 2.99. The summed E-state index contributed by atoms with van der Waals surface area (Å²) in [7, 11) is 0. The largest absolute Gasteiger partial charge is 0.393 e. The summed E-state index contributed by atoms with van der Waals surface area (Å²) in [6.45, 7) is 0. The molecule has 4 N–H and O–H groups in total. The number of nitrogen functional groups attached to an aromatic ring is 1. The molecule has 0 aliphatic heterocycles. The molecule has 0 unspecified atom stereocenters. The Morgan fingerprint density at radius 1 is 1.26 bits per heavy atom. The van der Waals surface area contributed by atoms with Crippen molar-refractivity contribution in [2.45, 2.75) is 37.8 Å². The highest BCUT2D eigenvalue weighted by atomic mass is 32.1. The van der Waals surface area contributed by atoms with Gasteiger partial charge >= 0.3 is 0 Å². The quantitative estimate of drug-likeness (QED) is 0.680. The van der Waals surface area contributed by atoms with E-state index >= 15 is 0 Å². The SMILES string of the molecule is Nc1ccc(-c2cn3nc(NC4CCC(O)CC4)sc3n2)cn1. The molecule has 1 aliphatic carbocycles. The zero-order valence-electron chi connectivity index (χ0n) is 12.5. The van der Waals surface area contributed by atoms with Gasteiger partial charge in [-0.15, -0.1) is 5.10 Å². The lowest BCUT2D eigenvalue weighted by Crippen LogP contribution is -2.28. The lowest BCUT2D eigenvalue weighted by molar-refractivity contribution is 0.126. The summed E-state index contributed by atoms with van der Waals surface area (Å²) in [6.07, 6.45) is 7.14. The number of rotatable bonds is 3. The average Bonchev–Trinajstić information content (AvgIpc) is 3.09. The Bertz CT molecular complexity index is 772. The standard InChI is InChI=1S/C15H18N6OS/c16-13-6-1-9(7-17-13)12-8-21-15(19-12)23-14(20-21)18-10-2-4-11(22)5-3-10/h1,6-8,10-11,22H,2-5H2,(H2,16,17)(H,18,20). The van der Waals surface area contributed by atoms with Crippen LogP contribution in [0.3, 0.4) is 0 Å². The molecule has 3 heterocycles. The van der Waals surface area contributed by atoms with E-state index in [1.807, 2.05) is 12.3 Å². The van der Waals surface area contributed by atoms with Crippen LogP contribution in [0.5, 0.6) is 0 Å². The predicted molar refractivity (Wildman–Crippen MR) is 90.4 cm³/mol. The topological polar surface area (TPSA) is 101 Å². The van der Waals surface area contributed by atoms with E-state index < -0.39 is 0 Å². The number of pyridine rings is 1. The highest BCUT2D eigenvalue weighted by Crippen LogP contribution is 2.27. The first kappa shape index (κ1) is 14.4. The number of fused-ring (bicyclic) bond motifs is 1. The Morgan fingerprint density at radius 3 is 2.78 bits per heavy atom. The fourth-order valence-electron chi connectivity index (χ4n) is 2.85. The number of aliphatic hydroxyl groups excluding tert-OH is 1. The van der Waals surface area contributed by atoms with Crippen LogP contribution in [-0.4, -0.2) is 36.8 Å². The van der Waals surface area contributed by atoms with Gasteiger partial charge < -0.3 is 16.2 Å². The van der Waals surface area contributed by atoms with Crippen molar-refractivity contribution in [3.05, 3.63) is 24.5 Å². The number of nitrogens with zero attached hydrogens (tertiary/aromatic N) is 4. The number of nitrogens with one attached hydrogen (secondary N) is 1. The van der Waals surface area contributed by atoms with E-state index in [2.05, 4.69) is 20.4 Å². The summed E-state index contributed by atoms with van der Waals surface area (Å²) in [6, 6.07) is 4.05. The maximum Gasteiger partial charge on any atom is 0.214 e. The summed E-state index contributed by atoms with van der Waals surface area (Å²) in [4.78, 5) is 9.53. The third-order valence-corrected chi connectivity index (χ3v) is 5.00. The molecular formula is C15H18N6OS. The normalized spacial score (nSPS) is 21.6. The number of hydrogen-bond acceptors (Lipinski definition) is 7. The molecule has 0 spiro atoms. The van der Waals surface area contributed by atoms with Crippen LogP contribution in [0.1, 0.15) is 25.7 Å². The first-order chi connectivity index (χ1) is 11.2. The van der Waals surface area contributed by atoms with Crippen LogP contribution in [0.15, 0.2) is 24.5 Å². The maximum absolute atomic E-state index is 9.56. The van der Waals surface area contributed by atoms with Crippen molar-refractivity contribution >= 4 is 27.2 Å². The monoisotopic (exact) mass is 330 g/mol. The fourth-order valence-corrected chi connectivity index (χ4v) is 3.71. The van der Waals surface area contributed by atoms with Gasteiger partial charge in [-0.25, -0.2) is 14.5 Å². The fraction of sp³-hybridized carbons (Fsp3) is 0.400. The molecule has 0 saturated heterocycles. The molecule has 3 aromatic heterocycles. The van der Waals surface area contributed by atoms with E-state index in [4.69, 9.17) is 5.73 Å².